The number of nitrogens with one attached hydrogen (secondary N) is 1. The topological polar surface area (TPSA) is 28.2 Å². The molecule has 2 aliphatic rings. The van der Waals surface area contributed by atoms with Gasteiger partial charge in [-0.05, 0) is 25.7 Å². The largest absolute Gasteiger partial charge is 0.348 e. The van der Waals surface area contributed by atoms with E-state index in [-0.39, 0.29) is 0 Å². The molecular weight excluding hydrogens is 254 g/mol. The van der Waals surface area contributed by atoms with Gasteiger partial charge >= 0.3 is 0 Å². The summed E-state index contributed by atoms with van der Waals surface area (Å²) in [5.74, 6) is 0. The van der Waals surface area contributed by atoms with E-state index in [2.05, 4.69) is 22.6 Å². The molecule has 0 unspecified atom stereocenters. The van der Waals surface area contributed by atoms with Crippen LogP contribution in [-0.2, 0) is 6.54 Å². The molecular formula is C15H25N3S. The number of thiazole rings is 1. The quantitative estimate of drug-likeness (QED) is 0.835. The van der Waals surface area contributed by atoms with E-state index in [1.54, 1.807) is 11.3 Å². The fraction of sp³-hybridized carbons (Fsp3) is 0.800. The standard InChI is InChI=1S/C15H25N3S/c1-18(14-6-4-2-3-5-7-14)15-17-13(11-19-15)10-16-12-8-9-12/h11-12,14,16H,2-10H2,1H3. The molecule has 0 aromatic carbocycles. The van der Waals surface area contributed by atoms with E-state index in [1.807, 2.05) is 0 Å². The molecule has 3 rings (SSSR count). The zero-order valence-electron chi connectivity index (χ0n) is 11.9. The van der Waals surface area contributed by atoms with E-state index in [0.717, 1.165) is 12.6 Å². The van der Waals surface area contributed by atoms with Crippen molar-refractivity contribution in [2.45, 2.75) is 70.0 Å². The van der Waals surface area contributed by atoms with E-state index < -0.39 is 0 Å². The molecule has 2 aliphatic carbocycles. The van der Waals surface area contributed by atoms with Crippen LogP contribution in [0.4, 0.5) is 5.13 Å². The highest BCUT2D eigenvalue weighted by Crippen LogP contribution is 2.28. The Hall–Kier alpha value is -0.610. The van der Waals surface area contributed by atoms with Gasteiger partial charge in [-0.3, -0.25) is 0 Å². The summed E-state index contributed by atoms with van der Waals surface area (Å²) in [5.41, 5.74) is 1.22. The molecule has 1 heterocycles. The summed E-state index contributed by atoms with van der Waals surface area (Å²) >= 11 is 1.80. The van der Waals surface area contributed by atoms with E-state index in [1.165, 1.54) is 62.2 Å². The van der Waals surface area contributed by atoms with Crippen molar-refractivity contribution in [2.24, 2.45) is 0 Å². The Bertz CT molecular complexity index is 392. The molecule has 2 fully saturated rings. The Morgan fingerprint density at radius 3 is 2.63 bits per heavy atom. The maximum atomic E-state index is 4.80. The zero-order chi connectivity index (χ0) is 13.1. The third-order valence-electron chi connectivity index (χ3n) is 4.36. The summed E-state index contributed by atoms with van der Waals surface area (Å²) in [6.45, 7) is 0.944. The van der Waals surface area contributed by atoms with Crippen molar-refractivity contribution < 1.29 is 0 Å². The molecule has 0 aliphatic heterocycles. The molecule has 0 saturated heterocycles. The van der Waals surface area contributed by atoms with Crippen LogP contribution in [0.5, 0.6) is 0 Å². The average Bonchev–Trinajstić information content (AvgIpc) is 3.19. The smallest absolute Gasteiger partial charge is 0.185 e. The number of nitrogens with zero attached hydrogens (tertiary/aromatic N) is 2. The Labute approximate surface area is 120 Å². The van der Waals surface area contributed by atoms with E-state index in [0.29, 0.717) is 6.04 Å². The predicted molar refractivity (Wildman–Crippen MR) is 81.9 cm³/mol. The number of rotatable bonds is 5. The minimum absolute atomic E-state index is 0.706. The first-order valence-corrected chi connectivity index (χ1v) is 8.61. The molecule has 1 aromatic heterocycles. The molecule has 1 N–H and O–H groups in total. The fourth-order valence-electron chi connectivity index (χ4n) is 2.88. The molecule has 0 spiro atoms. The third kappa shape index (κ3) is 3.69. The molecule has 0 amide bonds. The van der Waals surface area contributed by atoms with Gasteiger partial charge in [-0.2, -0.15) is 0 Å². The van der Waals surface area contributed by atoms with Crippen LogP contribution < -0.4 is 10.2 Å². The minimum Gasteiger partial charge on any atom is -0.348 e. The lowest BCUT2D eigenvalue weighted by atomic mass is 10.1. The van der Waals surface area contributed by atoms with E-state index in [4.69, 9.17) is 4.98 Å². The second-order valence-corrected chi connectivity index (χ2v) is 6.87. The van der Waals surface area contributed by atoms with Crippen LogP contribution in [0, 0.1) is 0 Å². The van der Waals surface area contributed by atoms with Crippen molar-refractivity contribution in [3.05, 3.63) is 11.1 Å². The van der Waals surface area contributed by atoms with Crippen LogP contribution in [0.1, 0.15) is 57.1 Å². The predicted octanol–water partition coefficient (Wildman–Crippen LogP) is 3.55. The Morgan fingerprint density at radius 2 is 1.95 bits per heavy atom. The number of anilines is 1. The second-order valence-electron chi connectivity index (χ2n) is 6.03. The Morgan fingerprint density at radius 1 is 1.21 bits per heavy atom. The second kappa shape index (κ2) is 6.23. The van der Waals surface area contributed by atoms with Crippen molar-refractivity contribution in [1.82, 2.24) is 10.3 Å². The van der Waals surface area contributed by atoms with Crippen LogP contribution in [0.25, 0.3) is 0 Å². The first-order valence-electron chi connectivity index (χ1n) is 7.73. The number of hydrogen-bond donors (Lipinski definition) is 1. The SMILES string of the molecule is CN(c1nc(CNC2CC2)cs1)C1CCCCCC1. The van der Waals surface area contributed by atoms with Crippen molar-refractivity contribution in [3.8, 4) is 0 Å². The Kier molecular flexibility index (Phi) is 4.38. The zero-order valence-corrected chi connectivity index (χ0v) is 12.7. The lowest BCUT2D eigenvalue weighted by Gasteiger charge is -2.26. The molecule has 2 saturated carbocycles. The van der Waals surface area contributed by atoms with E-state index in [9.17, 15) is 0 Å². The van der Waals surface area contributed by atoms with Gasteiger partial charge < -0.3 is 10.2 Å². The summed E-state index contributed by atoms with van der Waals surface area (Å²) < 4.78 is 0. The highest BCUT2D eigenvalue weighted by atomic mass is 32.1. The monoisotopic (exact) mass is 279 g/mol. The molecule has 1 aromatic rings. The first-order chi connectivity index (χ1) is 9.33. The van der Waals surface area contributed by atoms with Gasteiger partial charge in [-0.15, -0.1) is 11.3 Å². The highest BCUT2D eigenvalue weighted by molar-refractivity contribution is 7.13. The first kappa shape index (κ1) is 13.4. The summed E-state index contributed by atoms with van der Waals surface area (Å²) in [7, 11) is 2.23. The molecule has 0 atom stereocenters. The summed E-state index contributed by atoms with van der Waals surface area (Å²) in [5, 5.41) is 6.97. The molecule has 3 nitrogen and oxygen atoms in total. The van der Waals surface area contributed by atoms with Gasteiger partial charge in [0, 0.05) is 31.1 Å². The van der Waals surface area contributed by atoms with Gasteiger partial charge in [0.05, 0.1) is 5.69 Å². The van der Waals surface area contributed by atoms with Crippen molar-refractivity contribution in [1.29, 1.82) is 0 Å². The van der Waals surface area contributed by atoms with Crippen LogP contribution in [0.2, 0.25) is 0 Å². The maximum absolute atomic E-state index is 4.80. The summed E-state index contributed by atoms with van der Waals surface area (Å²) in [4.78, 5) is 7.22. The van der Waals surface area contributed by atoms with E-state index >= 15 is 0 Å². The van der Waals surface area contributed by atoms with Crippen LogP contribution in [0.15, 0.2) is 5.38 Å². The van der Waals surface area contributed by atoms with Gasteiger partial charge in [0.1, 0.15) is 0 Å². The van der Waals surface area contributed by atoms with Crippen molar-refractivity contribution in [2.75, 3.05) is 11.9 Å². The molecule has 4 heteroatoms. The minimum atomic E-state index is 0.706. The van der Waals surface area contributed by atoms with Crippen LogP contribution >= 0.6 is 11.3 Å². The lowest BCUT2D eigenvalue weighted by molar-refractivity contribution is 0.551. The van der Waals surface area contributed by atoms with Gasteiger partial charge in [-0.1, -0.05) is 25.7 Å². The van der Waals surface area contributed by atoms with Crippen molar-refractivity contribution >= 4 is 16.5 Å². The normalized spacial score (nSPS) is 21.3. The van der Waals surface area contributed by atoms with Crippen molar-refractivity contribution in [3.63, 3.8) is 0 Å². The van der Waals surface area contributed by atoms with Gasteiger partial charge in [0.15, 0.2) is 5.13 Å². The molecule has 19 heavy (non-hydrogen) atoms. The van der Waals surface area contributed by atoms with Gasteiger partial charge in [0.2, 0.25) is 0 Å². The number of hydrogen-bond acceptors (Lipinski definition) is 4. The molecule has 106 valence electrons. The lowest BCUT2D eigenvalue weighted by Crippen LogP contribution is -2.31. The fourth-order valence-corrected chi connectivity index (χ4v) is 3.74. The van der Waals surface area contributed by atoms with Gasteiger partial charge in [-0.25, -0.2) is 4.98 Å². The summed E-state index contributed by atoms with van der Waals surface area (Å²) in [6, 6.07) is 1.47. The molecule has 0 bridgehead atoms. The van der Waals surface area contributed by atoms with Crippen LogP contribution in [-0.4, -0.2) is 24.1 Å². The molecule has 0 radical (unpaired) electrons. The number of aromatic nitrogens is 1. The van der Waals surface area contributed by atoms with Crippen LogP contribution in [0.3, 0.4) is 0 Å². The maximum Gasteiger partial charge on any atom is 0.185 e. The van der Waals surface area contributed by atoms with Gasteiger partial charge in [0.25, 0.3) is 0 Å². The highest BCUT2D eigenvalue weighted by Gasteiger charge is 2.22. The Balaban J connectivity index is 1.56. The summed E-state index contributed by atoms with van der Waals surface area (Å²) in [6.07, 6.45) is 11.0. The third-order valence-corrected chi connectivity index (χ3v) is 5.34. The average molecular weight is 279 g/mol.